The number of guanidine groups is 1. The molecule has 1 saturated carbocycles. The van der Waals surface area contributed by atoms with E-state index in [9.17, 15) is 4.79 Å². The third kappa shape index (κ3) is 5.87. The fourth-order valence-electron chi connectivity index (χ4n) is 3.70. The molecule has 1 amide bonds. The van der Waals surface area contributed by atoms with Gasteiger partial charge in [-0.25, -0.2) is 4.79 Å². The maximum atomic E-state index is 11.6. The van der Waals surface area contributed by atoms with Crippen molar-refractivity contribution in [3.63, 3.8) is 0 Å². The number of nitrogens with zero attached hydrogens (tertiary/aromatic N) is 2. The number of fused-ring (bicyclic) bond motifs is 1. The Hall–Kier alpha value is -1.46. The Morgan fingerprint density at radius 3 is 2.25 bits per heavy atom. The van der Waals surface area contributed by atoms with E-state index in [-0.39, 0.29) is 6.09 Å². The van der Waals surface area contributed by atoms with Crippen molar-refractivity contribution < 1.29 is 9.53 Å². The zero-order valence-corrected chi connectivity index (χ0v) is 15.7. The first-order valence-corrected chi connectivity index (χ1v) is 9.31. The van der Waals surface area contributed by atoms with Crippen molar-refractivity contribution in [2.24, 2.45) is 16.8 Å². The maximum Gasteiger partial charge on any atom is 0.407 e. The summed E-state index contributed by atoms with van der Waals surface area (Å²) < 4.78 is 5.22. The molecular weight excluding hydrogens is 304 g/mol. The molecule has 2 unspecified atom stereocenters. The van der Waals surface area contributed by atoms with Crippen molar-refractivity contribution in [2.75, 3.05) is 33.2 Å². The van der Waals surface area contributed by atoms with Crippen molar-refractivity contribution in [3.8, 4) is 0 Å². The Bertz CT molecular complexity index is 431. The second kappa shape index (κ2) is 8.58. The van der Waals surface area contributed by atoms with Gasteiger partial charge < -0.3 is 20.3 Å². The van der Waals surface area contributed by atoms with Gasteiger partial charge in [-0.3, -0.25) is 4.99 Å². The summed E-state index contributed by atoms with van der Waals surface area (Å²) in [6.45, 7) is 9.28. The lowest BCUT2D eigenvalue weighted by atomic mass is 9.82. The summed E-state index contributed by atoms with van der Waals surface area (Å²) in [4.78, 5) is 18.4. The molecular formula is C18H34N4O2. The first kappa shape index (κ1) is 18.9. The summed E-state index contributed by atoms with van der Waals surface area (Å²) in [5, 5.41) is 6.21. The lowest BCUT2D eigenvalue weighted by Gasteiger charge is -2.22. The van der Waals surface area contributed by atoms with Gasteiger partial charge in [-0.2, -0.15) is 0 Å². The molecule has 1 aliphatic heterocycles. The lowest BCUT2D eigenvalue weighted by Crippen LogP contribution is -2.41. The molecule has 1 aliphatic carbocycles. The standard InChI is InChI=1S/C18H34N4O2/c1-18(2,3)24-17(23)21-11-7-10-20-16(19-4)22-12-14-8-5-6-9-15(14)13-22/h14-15H,5-13H2,1-4H3,(H,19,20)(H,21,23). The third-order valence-electron chi connectivity index (χ3n) is 4.79. The topological polar surface area (TPSA) is 66.0 Å². The molecule has 0 aromatic carbocycles. The molecule has 2 atom stereocenters. The molecule has 0 bridgehead atoms. The molecule has 138 valence electrons. The number of rotatable bonds is 4. The predicted octanol–water partition coefficient (Wildman–Crippen LogP) is 2.60. The fourth-order valence-corrected chi connectivity index (χ4v) is 3.70. The monoisotopic (exact) mass is 338 g/mol. The van der Waals surface area contributed by atoms with Crippen LogP contribution >= 0.6 is 0 Å². The smallest absolute Gasteiger partial charge is 0.407 e. The van der Waals surface area contributed by atoms with Crippen molar-refractivity contribution in [1.29, 1.82) is 0 Å². The number of aliphatic imine (C=N–C) groups is 1. The summed E-state index contributed by atoms with van der Waals surface area (Å²) in [6.07, 6.45) is 6.01. The molecule has 2 aliphatic rings. The van der Waals surface area contributed by atoms with E-state index in [1.165, 1.54) is 25.7 Å². The highest BCUT2D eigenvalue weighted by molar-refractivity contribution is 5.80. The number of hydrogen-bond donors (Lipinski definition) is 2. The number of carbonyl (C=O) groups excluding carboxylic acids is 1. The summed E-state index contributed by atoms with van der Waals surface area (Å²) >= 11 is 0. The summed E-state index contributed by atoms with van der Waals surface area (Å²) in [7, 11) is 1.85. The van der Waals surface area contributed by atoms with Crippen LogP contribution in [0, 0.1) is 11.8 Å². The predicted molar refractivity (Wildman–Crippen MR) is 97.2 cm³/mol. The van der Waals surface area contributed by atoms with Gasteiger partial charge in [0.1, 0.15) is 5.60 Å². The number of hydrogen-bond acceptors (Lipinski definition) is 3. The fraction of sp³-hybridized carbons (Fsp3) is 0.889. The first-order chi connectivity index (χ1) is 11.4. The lowest BCUT2D eigenvalue weighted by molar-refractivity contribution is 0.0527. The average molecular weight is 338 g/mol. The van der Waals surface area contributed by atoms with Crippen LogP contribution in [0.2, 0.25) is 0 Å². The highest BCUT2D eigenvalue weighted by atomic mass is 16.6. The van der Waals surface area contributed by atoms with E-state index in [0.29, 0.717) is 6.54 Å². The Morgan fingerprint density at radius 1 is 1.12 bits per heavy atom. The minimum Gasteiger partial charge on any atom is -0.444 e. The quantitative estimate of drug-likeness (QED) is 0.470. The van der Waals surface area contributed by atoms with Crippen LogP contribution in [0.1, 0.15) is 52.9 Å². The number of nitrogens with one attached hydrogen (secondary N) is 2. The molecule has 6 nitrogen and oxygen atoms in total. The van der Waals surface area contributed by atoms with E-state index in [1.807, 2.05) is 27.8 Å². The van der Waals surface area contributed by atoms with E-state index in [0.717, 1.165) is 43.9 Å². The Morgan fingerprint density at radius 2 is 1.71 bits per heavy atom. The maximum absolute atomic E-state index is 11.6. The molecule has 2 N–H and O–H groups in total. The van der Waals surface area contributed by atoms with Crippen LogP contribution < -0.4 is 10.6 Å². The van der Waals surface area contributed by atoms with Gasteiger partial charge in [0, 0.05) is 33.2 Å². The van der Waals surface area contributed by atoms with Gasteiger partial charge in [-0.1, -0.05) is 12.8 Å². The molecule has 1 heterocycles. The molecule has 0 aromatic rings. The highest BCUT2D eigenvalue weighted by Gasteiger charge is 2.35. The van der Waals surface area contributed by atoms with Crippen LogP contribution in [0.4, 0.5) is 4.79 Å². The van der Waals surface area contributed by atoms with Gasteiger partial charge in [0.05, 0.1) is 0 Å². The van der Waals surface area contributed by atoms with Crippen LogP contribution in [0.5, 0.6) is 0 Å². The molecule has 0 aromatic heterocycles. The van der Waals surface area contributed by atoms with Crippen molar-refractivity contribution >= 4 is 12.1 Å². The van der Waals surface area contributed by atoms with E-state index >= 15 is 0 Å². The Balaban J connectivity index is 1.63. The van der Waals surface area contributed by atoms with Gasteiger partial charge in [0.15, 0.2) is 5.96 Å². The normalized spacial score (nSPS) is 24.5. The summed E-state index contributed by atoms with van der Waals surface area (Å²) in [6, 6.07) is 0. The average Bonchev–Trinajstić information content (AvgIpc) is 2.92. The Labute approximate surface area is 146 Å². The second-order valence-corrected chi connectivity index (χ2v) is 7.97. The van der Waals surface area contributed by atoms with Crippen molar-refractivity contribution in [3.05, 3.63) is 0 Å². The van der Waals surface area contributed by atoms with E-state index in [2.05, 4.69) is 20.5 Å². The first-order valence-electron chi connectivity index (χ1n) is 9.31. The van der Waals surface area contributed by atoms with E-state index in [4.69, 9.17) is 4.74 Å². The number of amides is 1. The molecule has 2 rings (SSSR count). The van der Waals surface area contributed by atoms with Crippen LogP contribution in [0.25, 0.3) is 0 Å². The summed E-state index contributed by atoms with van der Waals surface area (Å²) in [5.74, 6) is 2.71. The molecule has 0 radical (unpaired) electrons. The van der Waals surface area contributed by atoms with E-state index in [1.54, 1.807) is 0 Å². The molecule has 1 saturated heterocycles. The SMILES string of the molecule is CN=C(NCCCNC(=O)OC(C)(C)C)N1CC2CCCCC2C1. The van der Waals surface area contributed by atoms with Gasteiger partial charge >= 0.3 is 6.09 Å². The zero-order valence-electron chi connectivity index (χ0n) is 15.7. The number of carbonyl (C=O) groups is 1. The zero-order chi connectivity index (χ0) is 17.6. The molecule has 6 heteroatoms. The van der Waals surface area contributed by atoms with Crippen molar-refractivity contribution in [2.45, 2.75) is 58.5 Å². The van der Waals surface area contributed by atoms with Crippen molar-refractivity contribution in [1.82, 2.24) is 15.5 Å². The highest BCUT2D eigenvalue weighted by Crippen LogP contribution is 2.35. The largest absolute Gasteiger partial charge is 0.444 e. The van der Waals surface area contributed by atoms with Gasteiger partial charge in [-0.05, 0) is 51.9 Å². The van der Waals surface area contributed by atoms with Gasteiger partial charge in [0.2, 0.25) is 0 Å². The number of ether oxygens (including phenoxy) is 1. The molecule has 0 spiro atoms. The molecule has 2 fully saturated rings. The minimum absolute atomic E-state index is 0.351. The van der Waals surface area contributed by atoms with Crippen LogP contribution in [0.15, 0.2) is 4.99 Å². The summed E-state index contributed by atoms with van der Waals surface area (Å²) in [5.41, 5.74) is -0.448. The molecule has 24 heavy (non-hydrogen) atoms. The van der Waals surface area contributed by atoms with Crippen LogP contribution in [-0.2, 0) is 4.74 Å². The van der Waals surface area contributed by atoms with Crippen LogP contribution in [0.3, 0.4) is 0 Å². The second-order valence-electron chi connectivity index (χ2n) is 7.97. The minimum atomic E-state index is -0.448. The third-order valence-corrected chi connectivity index (χ3v) is 4.79. The number of likely N-dealkylation sites (tertiary alicyclic amines) is 1. The van der Waals surface area contributed by atoms with Gasteiger partial charge in [0.25, 0.3) is 0 Å². The van der Waals surface area contributed by atoms with Crippen LogP contribution in [-0.4, -0.2) is 55.8 Å². The Kier molecular flexibility index (Phi) is 6.75. The van der Waals surface area contributed by atoms with E-state index < -0.39 is 5.60 Å². The number of alkyl carbamates (subject to hydrolysis) is 1. The van der Waals surface area contributed by atoms with Gasteiger partial charge in [-0.15, -0.1) is 0 Å².